The lowest BCUT2D eigenvalue weighted by molar-refractivity contribution is -0.131. The summed E-state index contributed by atoms with van der Waals surface area (Å²) in [5.74, 6) is -0.473. The van der Waals surface area contributed by atoms with Crippen LogP contribution in [0, 0.1) is 17.2 Å². The number of nitriles is 1. The van der Waals surface area contributed by atoms with Crippen molar-refractivity contribution in [2.45, 2.75) is 12.8 Å². The Bertz CT molecular complexity index is 676. The van der Waals surface area contributed by atoms with Gasteiger partial charge in [0.25, 0.3) is 5.91 Å². The van der Waals surface area contributed by atoms with E-state index in [1.807, 2.05) is 6.07 Å². The van der Waals surface area contributed by atoms with Crippen molar-refractivity contribution in [2.24, 2.45) is 11.7 Å². The number of ether oxygens (including phenoxy) is 1. The number of hydrogen-bond acceptors (Lipinski definition) is 4. The topological polar surface area (TPSA) is 96.4 Å². The van der Waals surface area contributed by atoms with Gasteiger partial charge in [0.05, 0.1) is 13.0 Å². The van der Waals surface area contributed by atoms with Gasteiger partial charge in [-0.05, 0) is 36.6 Å². The van der Waals surface area contributed by atoms with E-state index in [1.165, 1.54) is 11.0 Å². The molecule has 0 unspecified atom stereocenters. The van der Waals surface area contributed by atoms with Gasteiger partial charge in [-0.1, -0.05) is 12.1 Å². The van der Waals surface area contributed by atoms with Crippen molar-refractivity contribution in [1.29, 1.82) is 5.26 Å². The van der Waals surface area contributed by atoms with Crippen LogP contribution in [0.25, 0.3) is 6.08 Å². The van der Waals surface area contributed by atoms with Crippen molar-refractivity contribution in [1.82, 2.24) is 4.90 Å². The smallest absolute Gasteiger partial charge is 0.264 e. The number of likely N-dealkylation sites (tertiary alicyclic amines) is 1. The molecule has 6 heteroatoms. The molecule has 1 atom stereocenters. The van der Waals surface area contributed by atoms with Crippen molar-refractivity contribution in [3.05, 3.63) is 35.4 Å². The first-order valence-corrected chi connectivity index (χ1v) is 7.39. The van der Waals surface area contributed by atoms with Crippen LogP contribution in [0.15, 0.2) is 29.8 Å². The van der Waals surface area contributed by atoms with E-state index in [0.29, 0.717) is 30.7 Å². The maximum absolute atomic E-state index is 12.5. The molecule has 0 bridgehead atoms. The monoisotopic (exact) mass is 313 g/mol. The molecule has 120 valence electrons. The molecule has 2 rings (SSSR count). The minimum Gasteiger partial charge on any atom is -0.497 e. The minimum absolute atomic E-state index is 0.0309. The molecule has 1 aliphatic rings. The number of carbonyl (C=O) groups is 2. The van der Waals surface area contributed by atoms with E-state index in [1.54, 1.807) is 31.4 Å². The van der Waals surface area contributed by atoms with Gasteiger partial charge >= 0.3 is 0 Å². The summed E-state index contributed by atoms with van der Waals surface area (Å²) in [6.07, 6.45) is 2.91. The fourth-order valence-electron chi connectivity index (χ4n) is 2.60. The summed E-state index contributed by atoms with van der Waals surface area (Å²) in [5, 5.41) is 9.30. The van der Waals surface area contributed by atoms with E-state index >= 15 is 0 Å². The highest BCUT2D eigenvalue weighted by Crippen LogP contribution is 2.20. The van der Waals surface area contributed by atoms with Gasteiger partial charge in [0, 0.05) is 13.1 Å². The number of carbonyl (C=O) groups excluding carboxylic acids is 2. The molecule has 6 nitrogen and oxygen atoms in total. The van der Waals surface area contributed by atoms with E-state index in [2.05, 4.69) is 0 Å². The molecule has 1 heterocycles. The Morgan fingerprint density at radius 2 is 2.26 bits per heavy atom. The summed E-state index contributed by atoms with van der Waals surface area (Å²) in [6, 6.07) is 9.04. The number of primary amides is 1. The molecule has 1 aromatic rings. The summed E-state index contributed by atoms with van der Waals surface area (Å²) < 4.78 is 5.13. The summed E-state index contributed by atoms with van der Waals surface area (Å²) in [7, 11) is 1.55. The zero-order valence-corrected chi connectivity index (χ0v) is 13.0. The zero-order chi connectivity index (χ0) is 16.8. The lowest BCUT2D eigenvalue weighted by Gasteiger charge is -2.31. The first kappa shape index (κ1) is 16.6. The molecule has 0 aromatic heterocycles. The van der Waals surface area contributed by atoms with Crippen LogP contribution in [-0.2, 0) is 9.59 Å². The van der Waals surface area contributed by atoms with Crippen molar-refractivity contribution in [2.75, 3.05) is 20.2 Å². The SMILES string of the molecule is COc1cccc(/C=C(\C#N)C(=O)N2CCC[C@H](C(N)=O)C2)c1. The molecule has 0 saturated carbocycles. The molecular weight excluding hydrogens is 294 g/mol. The second-order valence-electron chi connectivity index (χ2n) is 5.44. The molecule has 23 heavy (non-hydrogen) atoms. The van der Waals surface area contributed by atoms with Gasteiger partial charge < -0.3 is 15.4 Å². The van der Waals surface area contributed by atoms with E-state index in [4.69, 9.17) is 10.5 Å². The highest BCUT2D eigenvalue weighted by atomic mass is 16.5. The Labute approximate surface area is 135 Å². The van der Waals surface area contributed by atoms with Crippen molar-refractivity contribution < 1.29 is 14.3 Å². The fraction of sp³-hybridized carbons (Fsp3) is 0.353. The van der Waals surface area contributed by atoms with Gasteiger partial charge in [0.15, 0.2) is 0 Å². The lowest BCUT2D eigenvalue weighted by atomic mass is 9.97. The number of rotatable bonds is 4. The van der Waals surface area contributed by atoms with Gasteiger partial charge in [-0.15, -0.1) is 0 Å². The fourth-order valence-corrected chi connectivity index (χ4v) is 2.60. The predicted molar refractivity (Wildman–Crippen MR) is 85.1 cm³/mol. The average Bonchev–Trinajstić information content (AvgIpc) is 2.59. The van der Waals surface area contributed by atoms with Gasteiger partial charge in [-0.3, -0.25) is 9.59 Å². The van der Waals surface area contributed by atoms with Gasteiger partial charge in [-0.25, -0.2) is 0 Å². The van der Waals surface area contributed by atoms with E-state index in [0.717, 1.165) is 0 Å². The predicted octanol–water partition coefficient (Wildman–Crippen LogP) is 1.33. The van der Waals surface area contributed by atoms with Crippen LogP contribution in [0.4, 0.5) is 0 Å². The summed E-state index contributed by atoms with van der Waals surface area (Å²) in [5.41, 5.74) is 6.06. The maximum Gasteiger partial charge on any atom is 0.264 e. The molecular formula is C17H19N3O3. The summed E-state index contributed by atoms with van der Waals surface area (Å²) in [6.45, 7) is 0.797. The van der Waals surface area contributed by atoms with E-state index < -0.39 is 5.91 Å². The number of piperidine rings is 1. The molecule has 2 amide bonds. The Hall–Kier alpha value is -2.81. The van der Waals surface area contributed by atoms with Gasteiger partial charge in [0.1, 0.15) is 17.4 Å². The molecule has 1 aliphatic heterocycles. The normalized spacial score (nSPS) is 18.2. The second kappa shape index (κ2) is 7.45. The average molecular weight is 313 g/mol. The quantitative estimate of drug-likeness (QED) is 0.670. The number of amides is 2. The Kier molecular flexibility index (Phi) is 5.36. The van der Waals surface area contributed by atoms with Crippen LogP contribution in [0.3, 0.4) is 0 Å². The van der Waals surface area contributed by atoms with Crippen LogP contribution >= 0.6 is 0 Å². The van der Waals surface area contributed by atoms with Crippen LogP contribution in [-0.4, -0.2) is 36.9 Å². The van der Waals surface area contributed by atoms with Crippen molar-refractivity contribution in [3.63, 3.8) is 0 Å². The van der Waals surface area contributed by atoms with Crippen molar-refractivity contribution >= 4 is 17.9 Å². The minimum atomic E-state index is -0.405. The van der Waals surface area contributed by atoms with Crippen LogP contribution in [0.2, 0.25) is 0 Å². The number of benzene rings is 1. The Balaban J connectivity index is 2.19. The summed E-state index contributed by atoms with van der Waals surface area (Å²) >= 11 is 0. The molecule has 0 radical (unpaired) electrons. The maximum atomic E-state index is 12.5. The Morgan fingerprint density at radius 3 is 2.91 bits per heavy atom. The highest BCUT2D eigenvalue weighted by molar-refractivity contribution is 6.02. The van der Waals surface area contributed by atoms with Crippen LogP contribution in [0.1, 0.15) is 18.4 Å². The molecule has 2 N–H and O–H groups in total. The third-order valence-corrected chi connectivity index (χ3v) is 3.87. The summed E-state index contributed by atoms with van der Waals surface area (Å²) in [4.78, 5) is 25.3. The van der Waals surface area contributed by atoms with Gasteiger partial charge in [0.2, 0.25) is 5.91 Å². The zero-order valence-electron chi connectivity index (χ0n) is 13.0. The number of nitrogens with two attached hydrogens (primary N) is 1. The second-order valence-corrected chi connectivity index (χ2v) is 5.44. The first-order valence-electron chi connectivity index (χ1n) is 7.39. The number of methoxy groups -OCH3 is 1. The van der Waals surface area contributed by atoms with E-state index in [-0.39, 0.29) is 23.9 Å². The molecule has 0 spiro atoms. The van der Waals surface area contributed by atoms with Gasteiger partial charge in [-0.2, -0.15) is 5.26 Å². The molecule has 0 aliphatic carbocycles. The standard InChI is InChI=1S/C17H19N3O3/c1-23-15-6-2-4-12(9-15)8-14(10-18)17(22)20-7-3-5-13(11-20)16(19)21/h2,4,6,8-9,13H,3,5,7,11H2,1H3,(H2,19,21)/b14-8+/t13-/m0/s1. The van der Waals surface area contributed by atoms with E-state index in [9.17, 15) is 14.9 Å². The Morgan fingerprint density at radius 1 is 1.48 bits per heavy atom. The molecule has 1 saturated heterocycles. The number of hydrogen-bond donors (Lipinski definition) is 1. The lowest BCUT2D eigenvalue weighted by Crippen LogP contribution is -2.44. The van der Waals surface area contributed by atoms with Crippen LogP contribution in [0.5, 0.6) is 5.75 Å². The molecule has 1 fully saturated rings. The molecule has 1 aromatic carbocycles. The number of nitrogens with zero attached hydrogens (tertiary/aromatic N) is 2. The first-order chi connectivity index (χ1) is 11.0. The highest BCUT2D eigenvalue weighted by Gasteiger charge is 2.28. The third-order valence-electron chi connectivity index (χ3n) is 3.87. The third kappa shape index (κ3) is 4.10. The largest absolute Gasteiger partial charge is 0.497 e. The van der Waals surface area contributed by atoms with Crippen molar-refractivity contribution in [3.8, 4) is 11.8 Å². The van der Waals surface area contributed by atoms with Crippen LogP contribution < -0.4 is 10.5 Å².